The molecule has 1 amide bonds. The fourth-order valence-electron chi connectivity index (χ4n) is 2.35. The van der Waals surface area contributed by atoms with Crippen molar-refractivity contribution in [1.29, 1.82) is 0 Å². The number of pyridine rings is 1. The van der Waals surface area contributed by atoms with Crippen LogP contribution in [0.5, 0.6) is 0 Å². The first-order chi connectivity index (χ1) is 14.0. The molecule has 8 nitrogen and oxygen atoms in total. The summed E-state index contributed by atoms with van der Waals surface area (Å²) in [5.74, 6) is -1.71. The number of nitrogens with zero attached hydrogens (tertiary/aromatic N) is 4. The summed E-state index contributed by atoms with van der Waals surface area (Å²) in [6, 6.07) is 3.54. The van der Waals surface area contributed by atoms with Crippen molar-refractivity contribution in [3.63, 3.8) is 0 Å². The number of amides is 1. The first kappa shape index (κ1) is 21.8. The topological polar surface area (TPSA) is 102 Å². The molecule has 2 heterocycles. The lowest BCUT2D eigenvalue weighted by molar-refractivity contribution is -0.387. The van der Waals surface area contributed by atoms with Gasteiger partial charge in [-0.3, -0.25) is 19.3 Å². The Bertz CT molecular complexity index is 1150. The number of hydrogen-bond acceptors (Lipinski definition) is 6. The molecule has 0 radical (unpaired) electrons. The fraction of sp³-hybridized carbons (Fsp3) is 0.188. The minimum atomic E-state index is -4.65. The zero-order chi connectivity index (χ0) is 22.2. The third-order valence-corrected chi connectivity index (χ3v) is 5.15. The molecule has 0 fully saturated rings. The number of nitro groups is 1. The number of rotatable bonds is 5. The Hall–Kier alpha value is -2.93. The van der Waals surface area contributed by atoms with Crippen LogP contribution in [0.1, 0.15) is 12.5 Å². The zero-order valence-corrected chi connectivity index (χ0v) is 16.3. The zero-order valence-electron chi connectivity index (χ0n) is 14.8. The number of carbonyl (C=O) groups is 1. The highest BCUT2D eigenvalue weighted by atomic mass is 35.5. The Balaban J connectivity index is 1.82. The molecule has 3 rings (SSSR count). The molecule has 3 aromatic rings. The largest absolute Gasteiger partial charge is 0.417 e. The first-order valence-corrected chi connectivity index (χ1v) is 9.26. The number of fused-ring (bicyclic) bond motifs is 1. The van der Waals surface area contributed by atoms with Gasteiger partial charge in [0.25, 0.3) is 0 Å². The molecule has 158 valence electrons. The second kappa shape index (κ2) is 8.07. The Labute approximate surface area is 174 Å². The average molecular weight is 464 g/mol. The van der Waals surface area contributed by atoms with Gasteiger partial charge >= 0.3 is 11.9 Å². The highest BCUT2D eigenvalue weighted by molar-refractivity contribution is 8.00. The van der Waals surface area contributed by atoms with E-state index >= 15 is 0 Å². The van der Waals surface area contributed by atoms with E-state index in [-0.39, 0.29) is 21.5 Å². The van der Waals surface area contributed by atoms with Crippen LogP contribution in [0.25, 0.3) is 5.65 Å². The summed E-state index contributed by atoms with van der Waals surface area (Å²) in [5.41, 5.74) is -1.87. The third-order valence-electron chi connectivity index (χ3n) is 3.82. The van der Waals surface area contributed by atoms with Crippen molar-refractivity contribution in [1.82, 2.24) is 14.6 Å². The number of thioether (sulfide) groups is 1. The van der Waals surface area contributed by atoms with Crippen LogP contribution in [-0.4, -0.2) is 30.7 Å². The molecular formula is C16H10ClF4N5O3S. The Kier molecular flexibility index (Phi) is 5.85. The summed E-state index contributed by atoms with van der Waals surface area (Å²) in [5, 5.41) is 19.5. The van der Waals surface area contributed by atoms with Gasteiger partial charge in [0, 0.05) is 18.0 Å². The van der Waals surface area contributed by atoms with Gasteiger partial charge in [0.1, 0.15) is 0 Å². The van der Waals surface area contributed by atoms with E-state index in [1.807, 2.05) is 0 Å². The second-order valence-corrected chi connectivity index (χ2v) is 7.64. The molecule has 0 saturated heterocycles. The molecule has 1 atom stereocenters. The van der Waals surface area contributed by atoms with E-state index in [1.165, 1.54) is 6.92 Å². The Morgan fingerprint density at radius 1 is 1.33 bits per heavy atom. The van der Waals surface area contributed by atoms with Crippen LogP contribution < -0.4 is 5.32 Å². The number of halogens is 5. The Morgan fingerprint density at radius 3 is 2.67 bits per heavy atom. The van der Waals surface area contributed by atoms with E-state index in [2.05, 4.69) is 15.5 Å². The summed E-state index contributed by atoms with van der Waals surface area (Å²) < 4.78 is 53.5. The number of alkyl halides is 3. The number of nitrogens with one attached hydrogen (secondary N) is 1. The van der Waals surface area contributed by atoms with Gasteiger partial charge < -0.3 is 5.32 Å². The Morgan fingerprint density at radius 2 is 2.03 bits per heavy atom. The minimum absolute atomic E-state index is 0.0194. The predicted octanol–water partition coefficient (Wildman–Crippen LogP) is 4.57. The number of hydrogen-bond donors (Lipinski definition) is 1. The second-order valence-electron chi connectivity index (χ2n) is 5.92. The summed E-state index contributed by atoms with van der Waals surface area (Å²) in [4.78, 5) is 22.2. The van der Waals surface area contributed by atoms with Gasteiger partial charge in [0.2, 0.25) is 11.7 Å². The van der Waals surface area contributed by atoms with E-state index in [1.54, 1.807) is 0 Å². The molecule has 1 N–H and O–H groups in total. The maximum Gasteiger partial charge on any atom is 0.417 e. The molecule has 1 aromatic carbocycles. The maximum absolute atomic E-state index is 13.4. The van der Waals surface area contributed by atoms with Crippen molar-refractivity contribution in [3.05, 3.63) is 57.0 Å². The molecule has 1 unspecified atom stereocenters. The van der Waals surface area contributed by atoms with E-state index in [4.69, 9.17) is 11.6 Å². The fourth-order valence-corrected chi connectivity index (χ4v) is 3.42. The van der Waals surface area contributed by atoms with Crippen molar-refractivity contribution < 1.29 is 27.3 Å². The van der Waals surface area contributed by atoms with Crippen molar-refractivity contribution >= 4 is 46.3 Å². The summed E-state index contributed by atoms with van der Waals surface area (Å²) in [6.07, 6.45) is -3.89. The van der Waals surface area contributed by atoms with Crippen LogP contribution in [0.2, 0.25) is 5.02 Å². The van der Waals surface area contributed by atoms with E-state index in [9.17, 15) is 32.5 Å². The lowest BCUT2D eigenvalue weighted by atomic mass is 10.2. The molecule has 0 spiro atoms. The molecule has 0 saturated carbocycles. The standard InChI is InChI=1S/C16H10ClF4N5O3S/c1-7(14(27)22-9-2-3-11(18)12(5-9)26(28)29)30-15-24-23-13-10(17)4-8(6-25(13)15)16(19,20)21/h2-7H,1H3,(H,22,27). The van der Waals surface area contributed by atoms with E-state index in [0.717, 1.165) is 46.6 Å². The lowest BCUT2D eigenvalue weighted by Crippen LogP contribution is -2.22. The van der Waals surface area contributed by atoms with E-state index < -0.39 is 39.3 Å². The summed E-state index contributed by atoms with van der Waals surface area (Å²) in [6.45, 7) is 1.44. The predicted molar refractivity (Wildman–Crippen MR) is 100 cm³/mol. The van der Waals surface area contributed by atoms with Crippen LogP contribution in [0, 0.1) is 15.9 Å². The van der Waals surface area contributed by atoms with E-state index in [0.29, 0.717) is 0 Å². The average Bonchev–Trinajstić information content (AvgIpc) is 3.05. The van der Waals surface area contributed by atoms with Gasteiger partial charge in [-0.1, -0.05) is 23.4 Å². The van der Waals surface area contributed by atoms with Crippen molar-refractivity contribution in [2.24, 2.45) is 0 Å². The normalized spacial score (nSPS) is 12.7. The number of benzene rings is 1. The molecule has 14 heteroatoms. The number of aromatic nitrogens is 3. The molecule has 0 aliphatic rings. The van der Waals surface area contributed by atoms with Crippen LogP contribution in [0.4, 0.5) is 28.9 Å². The monoisotopic (exact) mass is 463 g/mol. The quantitative estimate of drug-likeness (QED) is 0.257. The smallest absolute Gasteiger partial charge is 0.325 e. The van der Waals surface area contributed by atoms with Crippen LogP contribution >= 0.6 is 23.4 Å². The first-order valence-electron chi connectivity index (χ1n) is 8.00. The molecular weight excluding hydrogens is 454 g/mol. The van der Waals surface area contributed by atoms with Crippen molar-refractivity contribution in [2.45, 2.75) is 23.5 Å². The van der Waals surface area contributed by atoms with Crippen LogP contribution in [0.3, 0.4) is 0 Å². The highest BCUT2D eigenvalue weighted by Gasteiger charge is 2.32. The number of carbonyl (C=O) groups excluding carboxylic acids is 1. The van der Waals surface area contributed by atoms with Crippen LogP contribution in [0.15, 0.2) is 35.6 Å². The molecule has 0 bridgehead atoms. The SMILES string of the molecule is CC(Sc1nnc2c(Cl)cc(C(F)(F)F)cn12)C(=O)Nc1ccc(F)c([N+](=O)[O-])c1. The molecule has 0 aliphatic heterocycles. The van der Waals surface area contributed by atoms with Gasteiger partial charge in [-0.05, 0) is 25.1 Å². The third kappa shape index (κ3) is 4.46. The number of nitro benzene ring substituents is 1. The van der Waals surface area contributed by atoms with Gasteiger partial charge in [-0.2, -0.15) is 17.6 Å². The van der Waals surface area contributed by atoms with Gasteiger partial charge in [-0.15, -0.1) is 10.2 Å². The number of anilines is 1. The van der Waals surface area contributed by atoms with Gasteiger partial charge in [-0.25, -0.2) is 0 Å². The highest BCUT2D eigenvalue weighted by Crippen LogP contribution is 2.34. The summed E-state index contributed by atoms with van der Waals surface area (Å²) >= 11 is 6.64. The van der Waals surface area contributed by atoms with Crippen LogP contribution in [-0.2, 0) is 11.0 Å². The maximum atomic E-state index is 13.4. The molecule has 2 aromatic heterocycles. The molecule has 0 aliphatic carbocycles. The van der Waals surface area contributed by atoms with Crippen molar-refractivity contribution in [3.8, 4) is 0 Å². The molecule has 30 heavy (non-hydrogen) atoms. The summed E-state index contributed by atoms with van der Waals surface area (Å²) in [7, 11) is 0. The lowest BCUT2D eigenvalue weighted by Gasteiger charge is -2.12. The van der Waals surface area contributed by atoms with Gasteiger partial charge in [0.05, 0.1) is 20.8 Å². The minimum Gasteiger partial charge on any atom is -0.325 e. The van der Waals surface area contributed by atoms with Crippen molar-refractivity contribution in [2.75, 3.05) is 5.32 Å². The van der Waals surface area contributed by atoms with Gasteiger partial charge in [0.15, 0.2) is 10.8 Å².